The molecule has 36 heavy (non-hydrogen) atoms. The summed E-state index contributed by atoms with van der Waals surface area (Å²) in [6, 6.07) is 10.1. The van der Waals surface area contributed by atoms with Gasteiger partial charge in [-0.2, -0.15) is 5.10 Å². The highest BCUT2D eigenvalue weighted by molar-refractivity contribution is 5.97. The van der Waals surface area contributed by atoms with E-state index >= 15 is 0 Å². The Balaban J connectivity index is 1.37. The van der Waals surface area contributed by atoms with Crippen molar-refractivity contribution in [2.24, 2.45) is 0 Å². The lowest BCUT2D eigenvalue weighted by Crippen LogP contribution is -2.29. The number of hydrogen-bond donors (Lipinski definition) is 3. The molecular formula is C27H28N8O. The standard InChI is InChI=1S/C27H28N8O/c1-2-6-23(36)30-19-13-18(15-28-16-19)17-7-8-21-20(14-17)24(34-33-21)27-31-25-22(9-10-29-26(25)32-27)35-11-4-3-5-12-35/h7-10,13-16H,2-6,11-12H2,1H3,(H,30,36)(H,33,34)(H,29,31,32). The topological polar surface area (TPSA) is 115 Å². The molecule has 9 heteroatoms. The maximum Gasteiger partial charge on any atom is 0.224 e. The summed E-state index contributed by atoms with van der Waals surface area (Å²) in [6.45, 7) is 4.08. The summed E-state index contributed by atoms with van der Waals surface area (Å²) in [6.07, 6.45) is 10.3. The van der Waals surface area contributed by atoms with Gasteiger partial charge in [0.2, 0.25) is 5.91 Å². The van der Waals surface area contributed by atoms with Gasteiger partial charge in [0, 0.05) is 42.9 Å². The highest BCUT2D eigenvalue weighted by atomic mass is 16.1. The first-order valence-electron chi connectivity index (χ1n) is 12.5. The number of nitrogens with one attached hydrogen (secondary N) is 3. The molecule has 1 aromatic carbocycles. The lowest BCUT2D eigenvalue weighted by Gasteiger charge is -2.28. The first-order chi connectivity index (χ1) is 17.7. The van der Waals surface area contributed by atoms with Crippen molar-refractivity contribution in [1.29, 1.82) is 0 Å². The van der Waals surface area contributed by atoms with Crippen LogP contribution in [0.15, 0.2) is 48.9 Å². The average molecular weight is 481 g/mol. The van der Waals surface area contributed by atoms with Crippen LogP contribution in [0.1, 0.15) is 39.0 Å². The first kappa shape index (κ1) is 22.2. The van der Waals surface area contributed by atoms with Gasteiger partial charge in [-0.25, -0.2) is 9.97 Å². The highest BCUT2D eigenvalue weighted by Crippen LogP contribution is 2.33. The van der Waals surface area contributed by atoms with Crippen molar-refractivity contribution in [3.8, 4) is 22.6 Å². The second-order valence-corrected chi connectivity index (χ2v) is 9.25. The van der Waals surface area contributed by atoms with E-state index in [2.05, 4.69) is 47.5 Å². The summed E-state index contributed by atoms with van der Waals surface area (Å²) >= 11 is 0. The van der Waals surface area contributed by atoms with Crippen LogP contribution in [0.5, 0.6) is 0 Å². The minimum Gasteiger partial charge on any atom is -0.370 e. The number of rotatable bonds is 6. The van der Waals surface area contributed by atoms with Gasteiger partial charge in [0.25, 0.3) is 0 Å². The molecule has 0 saturated carbocycles. The minimum atomic E-state index is -0.00793. The molecule has 1 fully saturated rings. The van der Waals surface area contributed by atoms with E-state index in [-0.39, 0.29) is 5.91 Å². The molecule has 182 valence electrons. The van der Waals surface area contributed by atoms with Crippen molar-refractivity contribution < 1.29 is 4.79 Å². The van der Waals surface area contributed by atoms with Crippen LogP contribution in [0.2, 0.25) is 0 Å². The van der Waals surface area contributed by atoms with Gasteiger partial charge >= 0.3 is 0 Å². The third kappa shape index (κ3) is 4.17. The second-order valence-electron chi connectivity index (χ2n) is 9.25. The number of nitrogens with zero attached hydrogens (tertiary/aromatic N) is 5. The number of H-pyrrole nitrogens is 2. The van der Waals surface area contributed by atoms with Gasteiger partial charge in [-0.3, -0.25) is 14.9 Å². The summed E-state index contributed by atoms with van der Waals surface area (Å²) in [5.41, 5.74) is 7.03. The molecule has 1 amide bonds. The number of amides is 1. The average Bonchev–Trinajstić information content (AvgIpc) is 3.53. The number of piperidine rings is 1. The molecule has 1 aliphatic rings. The van der Waals surface area contributed by atoms with Crippen LogP contribution < -0.4 is 10.2 Å². The van der Waals surface area contributed by atoms with Crippen molar-refractivity contribution in [1.82, 2.24) is 30.1 Å². The zero-order chi connectivity index (χ0) is 24.5. The summed E-state index contributed by atoms with van der Waals surface area (Å²) in [7, 11) is 0. The van der Waals surface area contributed by atoms with Crippen molar-refractivity contribution in [3.63, 3.8) is 0 Å². The third-order valence-electron chi connectivity index (χ3n) is 6.69. The van der Waals surface area contributed by atoms with E-state index in [1.54, 1.807) is 12.4 Å². The van der Waals surface area contributed by atoms with E-state index in [4.69, 9.17) is 4.98 Å². The van der Waals surface area contributed by atoms with Crippen LogP contribution in [0.3, 0.4) is 0 Å². The molecule has 1 saturated heterocycles. The number of carbonyl (C=O) groups is 1. The maximum atomic E-state index is 12.0. The molecule has 0 bridgehead atoms. The Kier molecular flexibility index (Phi) is 5.80. The number of anilines is 2. The predicted molar refractivity (Wildman–Crippen MR) is 142 cm³/mol. The number of carbonyl (C=O) groups excluding carboxylic acids is 1. The Hall–Kier alpha value is -4.27. The molecule has 3 N–H and O–H groups in total. The second kappa shape index (κ2) is 9.41. The molecule has 9 nitrogen and oxygen atoms in total. The lowest BCUT2D eigenvalue weighted by molar-refractivity contribution is -0.116. The SMILES string of the molecule is CCCC(=O)Nc1cncc(-c2ccc3[nH]nc(-c4nc5nccc(N6CCCCC6)c5[nH]4)c3c2)c1. The Bertz CT molecular complexity index is 1550. The summed E-state index contributed by atoms with van der Waals surface area (Å²) in [5.74, 6) is 0.676. The van der Waals surface area contributed by atoms with Crippen LogP contribution in [-0.2, 0) is 4.79 Å². The Labute approximate surface area is 208 Å². The zero-order valence-corrected chi connectivity index (χ0v) is 20.2. The number of pyridine rings is 2. The molecule has 5 heterocycles. The minimum absolute atomic E-state index is 0.00793. The molecular weight excluding hydrogens is 452 g/mol. The number of benzene rings is 1. The fourth-order valence-corrected chi connectivity index (χ4v) is 4.90. The number of aromatic amines is 2. The van der Waals surface area contributed by atoms with E-state index < -0.39 is 0 Å². The monoisotopic (exact) mass is 480 g/mol. The van der Waals surface area contributed by atoms with Crippen LogP contribution in [0.4, 0.5) is 11.4 Å². The number of imidazole rings is 1. The number of hydrogen-bond acceptors (Lipinski definition) is 6. The van der Waals surface area contributed by atoms with E-state index in [1.165, 1.54) is 19.3 Å². The smallest absolute Gasteiger partial charge is 0.224 e. The van der Waals surface area contributed by atoms with Gasteiger partial charge in [-0.15, -0.1) is 0 Å². The van der Waals surface area contributed by atoms with Crippen molar-refractivity contribution >= 4 is 39.3 Å². The fraction of sp³-hybridized carbons (Fsp3) is 0.296. The van der Waals surface area contributed by atoms with Gasteiger partial charge in [0.15, 0.2) is 11.5 Å². The van der Waals surface area contributed by atoms with E-state index in [1.807, 2.05) is 31.3 Å². The molecule has 4 aromatic heterocycles. The van der Waals surface area contributed by atoms with E-state index in [0.29, 0.717) is 23.6 Å². The number of fused-ring (bicyclic) bond motifs is 2. The molecule has 0 radical (unpaired) electrons. The fourth-order valence-electron chi connectivity index (χ4n) is 4.90. The van der Waals surface area contributed by atoms with Gasteiger partial charge in [-0.05, 0) is 55.5 Å². The molecule has 0 spiro atoms. The van der Waals surface area contributed by atoms with Gasteiger partial charge < -0.3 is 15.2 Å². The van der Waals surface area contributed by atoms with Gasteiger partial charge in [-0.1, -0.05) is 13.0 Å². The molecule has 0 atom stereocenters. The van der Waals surface area contributed by atoms with Crippen molar-refractivity contribution in [2.45, 2.75) is 39.0 Å². The van der Waals surface area contributed by atoms with Crippen LogP contribution >= 0.6 is 0 Å². The van der Waals surface area contributed by atoms with Crippen LogP contribution in [0, 0.1) is 0 Å². The number of aromatic nitrogens is 6. The predicted octanol–water partition coefficient (Wildman–Crippen LogP) is 5.29. The van der Waals surface area contributed by atoms with Gasteiger partial charge in [0.1, 0.15) is 11.2 Å². The van der Waals surface area contributed by atoms with Crippen LogP contribution in [0.25, 0.3) is 44.7 Å². The highest BCUT2D eigenvalue weighted by Gasteiger charge is 2.19. The first-order valence-corrected chi connectivity index (χ1v) is 12.5. The van der Waals surface area contributed by atoms with Gasteiger partial charge in [0.05, 0.1) is 23.1 Å². The quantitative estimate of drug-likeness (QED) is 0.304. The molecule has 0 aliphatic carbocycles. The third-order valence-corrected chi connectivity index (χ3v) is 6.69. The van der Waals surface area contributed by atoms with Crippen molar-refractivity contribution in [2.75, 3.05) is 23.3 Å². The Morgan fingerprint density at radius 3 is 2.83 bits per heavy atom. The van der Waals surface area contributed by atoms with E-state index in [0.717, 1.165) is 58.4 Å². The molecule has 1 aliphatic heterocycles. The normalized spacial score (nSPS) is 14.0. The Morgan fingerprint density at radius 2 is 1.97 bits per heavy atom. The summed E-state index contributed by atoms with van der Waals surface area (Å²) < 4.78 is 0. The lowest BCUT2D eigenvalue weighted by atomic mass is 10.0. The largest absolute Gasteiger partial charge is 0.370 e. The summed E-state index contributed by atoms with van der Waals surface area (Å²) in [4.78, 5) is 31.6. The van der Waals surface area contributed by atoms with Crippen LogP contribution in [-0.4, -0.2) is 49.1 Å². The Morgan fingerprint density at radius 1 is 1.08 bits per heavy atom. The summed E-state index contributed by atoms with van der Waals surface area (Å²) in [5, 5.41) is 11.6. The van der Waals surface area contributed by atoms with E-state index in [9.17, 15) is 4.79 Å². The zero-order valence-electron chi connectivity index (χ0n) is 20.2. The molecule has 6 rings (SSSR count). The van der Waals surface area contributed by atoms with Crippen molar-refractivity contribution in [3.05, 3.63) is 48.9 Å². The molecule has 5 aromatic rings. The maximum absolute atomic E-state index is 12.0. The molecule has 0 unspecified atom stereocenters.